The van der Waals surface area contributed by atoms with Crippen molar-refractivity contribution in [3.8, 4) is 0 Å². The van der Waals surface area contributed by atoms with Crippen LogP contribution in [0.2, 0.25) is 0 Å². The predicted octanol–water partition coefficient (Wildman–Crippen LogP) is 1.57. The second-order valence-electron chi connectivity index (χ2n) is 4.25. The van der Waals surface area contributed by atoms with Gasteiger partial charge >= 0.3 is 0 Å². The third-order valence-electron chi connectivity index (χ3n) is 2.92. The fraction of sp³-hybridized carbons (Fsp3) is 0.583. The summed E-state index contributed by atoms with van der Waals surface area (Å²) in [5.74, 6) is -2.40. The van der Waals surface area contributed by atoms with Gasteiger partial charge < -0.3 is 19.2 Å². The standard InChI is InChI=1S/C12H15F2NO4S/c13-12(14)20-7-9-1-2-10(19-9)11(17)15-3-4-18-6-8(15)5-16/h1-2,8,12,16H,3-7H2. The number of alkyl halides is 2. The second-order valence-corrected chi connectivity index (χ2v) is 5.23. The second kappa shape index (κ2) is 7.05. The highest BCUT2D eigenvalue weighted by Crippen LogP contribution is 2.22. The quantitative estimate of drug-likeness (QED) is 0.894. The van der Waals surface area contributed by atoms with Crippen LogP contribution in [0, 0.1) is 0 Å². The molecule has 112 valence electrons. The lowest BCUT2D eigenvalue weighted by Crippen LogP contribution is -2.50. The molecule has 20 heavy (non-hydrogen) atoms. The number of hydrogen-bond donors (Lipinski definition) is 1. The zero-order valence-electron chi connectivity index (χ0n) is 10.6. The molecule has 1 fully saturated rings. The lowest BCUT2D eigenvalue weighted by Gasteiger charge is -2.33. The van der Waals surface area contributed by atoms with Crippen molar-refractivity contribution >= 4 is 17.7 Å². The highest BCUT2D eigenvalue weighted by molar-refractivity contribution is 7.98. The molecule has 0 aliphatic carbocycles. The molecule has 1 aliphatic heterocycles. The Kier molecular flexibility index (Phi) is 5.38. The van der Waals surface area contributed by atoms with Crippen LogP contribution in [0.1, 0.15) is 16.3 Å². The summed E-state index contributed by atoms with van der Waals surface area (Å²) >= 11 is 0.438. The third kappa shape index (κ3) is 3.71. The van der Waals surface area contributed by atoms with E-state index in [0.29, 0.717) is 30.7 Å². The average Bonchev–Trinajstić information content (AvgIpc) is 2.93. The summed E-state index contributed by atoms with van der Waals surface area (Å²) < 4.78 is 34.6. The van der Waals surface area contributed by atoms with Gasteiger partial charge in [-0.15, -0.1) is 0 Å². The van der Waals surface area contributed by atoms with Crippen LogP contribution in [0.25, 0.3) is 0 Å². The number of rotatable bonds is 5. The minimum Gasteiger partial charge on any atom is -0.455 e. The van der Waals surface area contributed by atoms with Gasteiger partial charge in [-0.25, -0.2) is 0 Å². The van der Waals surface area contributed by atoms with Crippen molar-refractivity contribution in [2.24, 2.45) is 0 Å². The van der Waals surface area contributed by atoms with Gasteiger partial charge in [0, 0.05) is 6.54 Å². The molecule has 0 saturated carbocycles. The van der Waals surface area contributed by atoms with E-state index in [-0.39, 0.29) is 30.6 Å². The molecule has 2 rings (SSSR count). The summed E-state index contributed by atoms with van der Waals surface area (Å²) in [5, 5.41) is 9.22. The number of carbonyl (C=O) groups is 1. The van der Waals surface area contributed by atoms with E-state index in [2.05, 4.69) is 0 Å². The van der Waals surface area contributed by atoms with Crippen LogP contribution in [0.15, 0.2) is 16.5 Å². The first-order chi connectivity index (χ1) is 9.61. The maximum Gasteiger partial charge on any atom is 0.290 e. The summed E-state index contributed by atoms with van der Waals surface area (Å²) in [4.78, 5) is 13.7. The monoisotopic (exact) mass is 307 g/mol. The fourth-order valence-electron chi connectivity index (χ4n) is 1.93. The van der Waals surface area contributed by atoms with Crippen molar-refractivity contribution in [3.05, 3.63) is 23.7 Å². The van der Waals surface area contributed by atoms with Gasteiger partial charge in [-0.2, -0.15) is 8.78 Å². The minimum atomic E-state index is -2.47. The molecule has 0 aromatic carbocycles. The first kappa shape index (κ1) is 15.3. The Balaban J connectivity index is 2.01. The molecule has 5 nitrogen and oxygen atoms in total. The lowest BCUT2D eigenvalue weighted by atomic mass is 10.2. The average molecular weight is 307 g/mol. The molecule has 1 N–H and O–H groups in total. The summed E-state index contributed by atoms with van der Waals surface area (Å²) in [5.41, 5.74) is 0. The molecule has 2 heterocycles. The van der Waals surface area contributed by atoms with Crippen LogP contribution in [0.3, 0.4) is 0 Å². The van der Waals surface area contributed by atoms with Crippen LogP contribution in [-0.4, -0.2) is 54.1 Å². The number of aliphatic hydroxyl groups excluding tert-OH is 1. The molecule has 1 aromatic rings. The van der Waals surface area contributed by atoms with E-state index in [1.807, 2.05) is 0 Å². The zero-order chi connectivity index (χ0) is 14.5. The Morgan fingerprint density at radius 3 is 3.05 bits per heavy atom. The van der Waals surface area contributed by atoms with E-state index in [1.54, 1.807) is 0 Å². The van der Waals surface area contributed by atoms with Crippen molar-refractivity contribution in [1.29, 1.82) is 0 Å². The first-order valence-corrected chi connectivity index (χ1v) is 7.14. The summed E-state index contributed by atoms with van der Waals surface area (Å²) in [6.07, 6.45) is 0. The highest BCUT2D eigenvalue weighted by Gasteiger charge is 2.29. The van der Waals surface area contributed by atoms with Gasteiger partial charge in [0.25, 0.3) is 11.7 Å². The molecule has 1 unspecified atom stereocenters. The van der Waals surface area contributed by atoms with Crippen molar-refractivity contribution in [1.82, 2.24) is 4.90 Å². The number of morpholine rings is 1. The number of thioether (sulfide) groups is 1. The van der Waals surface area contributed by atoms with Gasteiger partial charge in [0.1, 0.15) is 5.76 Å². The van der Waals surface area contributed by atoms with Crippen LogP contribution in [0.5, 0.6) is 0 Å². The third-order valence-corrected chi connectivity index (χ3v) is 3.63. The molecule has 0 bridgehead atoms. The SMILES string of the molecule is O=C(c1ccc(CSC(F)F)o1)N1CCOCC1CO. The largest absolute Gasteiger partial charge is 0.455 e. The Hall–Kier alpha value is -1.12. The highest BCUT2D eigenvalue weighted by atomic mass is 32.2. The number of amides is 1. The molecular weight excluding hydrogens is 292 g/mol. The molecular formula is C12H15F2NO4S. The maximum absolute atomic E-state index is 12.2. The smallest absolute Gasteiger partial charge is 0.290 e. The van der Waals surface area contributed by atoms with Crippen LogP contribution >= 0.6 is 11.8 Å². The number of carbonyl (C=O) groups excluding carboxylic acids is 1. The number of aliphatic hydroxyl groups is 1. The Morgan fingerprint density at radius 2 is 2.35 bits per heavy atom. The van der Waals surface area contributed by atoms with E-state index in [0.717, 1.165) is 0 Å². The van der Waals surface area contributed by atoms with E-state index in [9.17, 15) is 18.7 Å². The topological polar surface area (TPSA) is 62.9 Å². The van der Waals surface area contributed by atoms with Gasteiger partial charge in [-0.05, 0) is 12.1 Å². The first-order valence-electron chi connectivity index (χ1n) is 6.10. The summed E-state index contributed by atoms with van der Waals surface area (Å²) in [6.45, 7) is 0.848. The van der Waals surface area contributed by atoms with Gasteiger partial charge in [-0.3, -0.25) is 4.79 Å². The number of furan rings is 1. The number of nitrogens with zero attached hydrogens (tertiary/aromatic N) is 1. The molecule has 0 radical (unpaired) electrons. The molecule has 1 aliphatic rings. The minimum absolute atomic E-state index is 0.0114. The zero-order valence-corrected chi connectivity index (χ0v) is 11.4. The van der Waals surface area contributed by atoms with Crippen LogP contribution in [-0.2, 0) is 10.5 Å². The van der Waals surface area contributed by atoms with Gasteiger partial charge in [0.15, 0.2) is 5.76 Å². The summed E-state index contributed by atoms with van der Waals surface area (Å²) in [7, 11) is 0. The number of halogens is 2. The van der Waals surface area contributed by atoms with Crippen molar-refractivity contribution in [2.75, 3.05) is 26.4 Å². The normalized spacial score (nSPS) is 19.6. The number of hydrogen-bond acceptors (Lipinski definition) is 5. The van der Waals surface area contributed by atoms with Gasteiger partial charge in [0.2, 0.25) is 0 Å². The van der Waals surface area contributed by atoms with Crippen molar-refractivity contribution < 1.29 is 27.8 Å². The predicted molar refractivity (Wildman–Crippen MR) is 68.7 cm³/mol. The van der Waals surface area contributed by atoms with Crippen molar-refractivity contribution in [2.45, 2.75) is 17.6 Å². The molecule has 0 spiro atoms. The molecule has 1 saturated heterocycles. The van der Waals surface area contributed by atoms with E-state index < -0.39 is 11.8 Å². The maximum atomic E-state index is 12.2. The molecule has 8 heteroatoms. The Labute approximate surface area is 118 Å². The lowest BCUT2D eigenvalue weighted by molar-refractivity contribution is -0.0197. The van der Waals surface area contributed by atoms with Crippen molar-refractivity contribution in [3.63, 3.8) is 0 Å². The van der Waals surface area contributed by atoms with E-state index in [1.165, 1.54) is 17.0 Å². The van der Waals surface area contributed by atoms with E-state index in [4.69, 9.17) is 9.15 Å². The summed E-state index contributed by atoms with van der Waals surface area (Å²) in [6, 6.07) is 2.57. The van der Waals surface area contributed by atoms with Gasteiger partial charge in [-0.1, -0.05) is 11.8 Å². The van der Waals surface area contributed by atoms with E-state index >= 15 is 0 Å². The molecule has 1 amide bonds. The van der Waals surface area contributed by atoms with Crippen LogP contribution < -0.4 is 0 Å². The van der Waals surface area contributed by atoms with Gasteiger partial charge in [0.05, 0.1) is 31.6 Å². The number of ether oxygens (including phenoxy) is 1. The van der Waals surface area contributed by atoms with Crippen LogP contribution in [0.4, 0.5) is 8.78 Å². The molecule has 1 aromatic heterocycles. The Morgan fingerprint density at radius 1 is 1.55 bits per heavy atom. The Bertz CT molecular complexity index is 454. The molecule has 1 atom stereocenters. The fourth-order valence-corrected chi connectivity index (χ4v) is 2.38.